The molecule has 0 unspecified atom stereocenters. The number of furan rings is 1. The van der Waals surface area contributed by atoms with Crippen molar-refractivity contribution in [1.82, 2.24) is 19.7 Å². The fourth-order valence-electron chi connectivity index (χ4n) is 3.05. The summed E-state index contributed by atoms with van der Waals surface area (Å²) in [5.74, 6) is 2.65. The number of para-hydroxylation sites is 2. The zero-order valence-electron chi connectivity index (χ0n) is 15.8. The normalized spacial score (nSPS) is 11.3. The van der Waals surface area contributed by atoms with Gasteiger partial charge in [-0.2, -0.15) is 0 Å². The molecule has 2 aromatic carbocycles. The second-order valence-corrected chi connectivity index (χ2v) is 8.03. The van der Waals surface area contributed by atoms with Gasteiger partial charge in [0.15, 0.2) is 15.6 Å². The number of imidazole rings is 1. The van der Waals surface area contributed by atoms with Crippen molar-refractivity contribution >= 4 is 38.7 Å². The SMILES string of the molecule is COc1ccc(-n2c(SCc3nnc(-c4ccc(Br)o4)o3)nc3ccccc32)cc1. The van der Waals surface area contributed by atoms with Crippen LogP contribution in [0.2, 0.25) is 0 Å². The van der Waals surface area contributed by atoms with Crippen molar-refractivity contribution in [3.8, 4) is 23.1 Å². The lowest BCUT2D eigenvalue weighted by Gasteiger charge is -2.09. The molecule has 0 N–H and O–H groups in total. The van der Waals surface area contributed by atoms with Crippen molar-refractivity contribution in [3.63, 3.8) is 0 Å². The molecular formula is C21H15BrN4O3S. The van der Waals surface area contributed by atoms with Crippen molar-refractivity contribution in [1.29, 1.82) is 0 Å². The molecule has 0 atom stereocenters. The summed E-state index contributed by atoms with van der Waals surface area (Å²) in [5, 5.41) is 9.03. The van der Waals surface area contributed by atoms with Gasteiger partial charge in [-0.1, -0.05) is 23.9 Å². The van der Waals surface area contributed by atoms with E-state index in [1.807, 2.05) is 42.5 Å². The number of ether oxygens (including phenoxy) is 1. The Bertz CT molecular complexity index is 1310. The quantitative estimate of drug-likeness (QED) is 0.285. The number of halogens is 1. The largest absolute Gasteiger partial charge is 0.497 e. The van der Waals surface area contributed by atoms with Gasteiger partial charge in [0.05, 0.1) is 23.9 Å². The highest BCUT2D eigenvalue weighted by Crippen LogP contribution is 2.31. The summed E-state index contributed by atoms with van der Waals surface area (Å²) < 4.78 is 19.2. The Morgan fingerprint density at radius 2 is 1.83 bits per heavy atom. The predicted molar refractivity (Wildman–Crippen MR) is 117 cm³/mol. The average Bonchev–Trinajstić information content (AvgIpc) is 3.50. The Labute approximate surface area is 184 Å². The van der Waals surface area contributed by atoms with Crippen LogP contribution in [0.15, 0.2) is 79.3 Å². The molecule has 0 radical (unpaired) electrons. The van der Waals surface area contributed by atoms with Crippen LogP contribution in [0.4, 0.5) is 0 Å². The van der Waals surface area contributed by atoms with E-state index in [-0.39, 0.29) is 0 Å². The van der Waals surface area contributed by atoms with Gasteiger partial charge >= 0.3 is 0 Å². The van der Waals surface area contributed by atoms with Crippen LogP contribution in [0.25, 0.3) is 28.4 Å². The maximum atomic E-state index is 5.74. The number of nitrogens with zero attached hydrogens (tertiary/aromatic N) is 4. The Morgan fingerprint density at radius 1 is 1.00 bits per heavy atom. The smallest absolute Gasteiger partial charge is 0.283 e. The molecule has 5 rings (SSSR count). The van der Waals surface area contributed by atoms with Crippen molar-refractivity contribution < 1.29 is 13.6 Å². The lowest BCUT2D eigenvalue weighted by atomic mass is 10.2. The summed E-state index contributed by atoms with van der Waals surface area (Å²) in [6, 6.07) is 19.5. The van der Waals surface area contributed by atoms with Crippen LogP contribution >= 0.6 is 27.7 Å². The van der Waals surface area contributed by atoms with E-state index in [2.05, 4.69) is 36.8 Å². The maximum Gasteiger partial charge on any atom is 0.283 e. The first-order valence-electron chi connectivity index (χ1n) is 9.04. The fraction of sp³-hybridized carbons (Fsp3) is 0.0952. The molecule has 3 heterocycles. The highest BCUT2D eigenvalue weighted by Gasteiger charge is 2.16. The molecule has 0 fully saturated rings. The van der Waals surface area contributed by atoms with E-state index < -0.39 is 0 Å². The van der Waals surface area contributed by atoms with E-state index in [0.717, 1.165) is 27.6 Å². The number of thioether (sulfide) groups is 1. The lowest BCUT2D eigenvalue weighted by Crippen LogP contribution is -1.97. The van der Waals surface area contributed by atoms with E-state index >= 15 is 0 Å². The molecule has 30 heavy (non-hydrogen) atoms. The van der Waals surface area contributed by atoms with E-state index in [1.165, 1.54) is 11.8 Å². The Kier molecular flexibility index (Phi) is 5.06. The van der Waals surface area contributed by atoms with Gasteiger partial charge in [-0.3, -0.25) is 4.57 Å². The maximum absolute atomic E-state index is 5.74. The standard InChI is InChI=1S/C21H15BrN4O3S/c1-27-14-8-6-13(7-9-14)26-16-5-3-2-4-15(16)23-21(26)30-12-19-24-25-20(29-19)17-10-11-18(22)28-17/h2-11H,12H2,1H3. The van der Waals surface area contributed by atoms with Gasteiger partial charge in [0, 0.05) is 5.69 Å². The van der Waals surface area contributed by atoms with Crippen LogP contribution in [-0.2, 0) is 5.75 Å². The summed E-state index contributed by atoms with van der Waals surface area (Å²) in [7, 11) is 1.66. The van der Waals surface area contributed by atoms with Gasteiger partial charge in [-0.25, -0.2) is 4.98 Å². The fourth-order valence-corrected chi connectivity index (χ4v) is 4.22. The number of hydrogen-bond acceptors (Lipinski definition) is 7. The minimum absolute atomic E-state index is 0.347. The first-order chi connectivity index (χ1) is 14.7. The molecule has 0 aliphatic rings. The summed E-state index contributed by atoms with van der Waals surface area (Å²) in [6.07, 6.45) is 0. The van der Waals surface area contributed by atoms with Crippen LogP contribution < -0.4 is 4.74 Å². The molecule has 0 saturated carbocycles. The minimum atomic E-state index is 0.347. The molecule has 9 heteroatoms. The molecule has 0 spiro atoms. The van der Waals surface area contributed by atoms with Gasteiger partial charge < -0.3 is 13.6 Å². The van der Waals surface area contributed by atoms with Crippen molar-refractivity contribution in [2.75, 3.05) is 7.11 Å². The van der Waals surface area contributed by atoms with Gasteiger partial charge in [0.1, 0.15) is 5.75 Å². The van der Waals surface area contributed by atoms with Crippen molar-refractivity contribution in [3.05, 3.63) is 71.2 Å². The van der Waals surface area contributed by atoms with Crippen LogP contribution in [0.1, 0.15) is 5.89 Å². The van der Waals surface area contributed by atoms with Crippen LogP contribution in [0.5, 0.6) is 5.75 Å². The Balaban J connectivity index is 1.45. The van der Waals surface area contributed by atoms with Crippen LogP contribution in [-0.4, -0.2) is 26.9 Å². The zero-order valence-corrected chi connectivity index (χ0v) is 18.2. The second kappa shape index (κ2) is 8.00. The van der Waals surface area contributed by atoms with E-state index in [0.29, 0.717) is 28.0 Å². The van der Waals surface area contributed by atoms with Crippen LogP contribution in [0, 0.1) is 0 Å². The number of methoxy groups -OCH3 is 1. The molecule has 7 nitrogen and oxygen atoms in total. The van der Waals surface area contributed by atoms with E-state index in [1.54, 1.807) is 19.2 Å². The van der Waals surface area contributed by atoms with Crippen molar-refractivity contribution in [2.24, 2.45) is 0 Å². The topological polar surface area (TPSA) is 79.1 Å². The predicted octanol–water partition coefficient (Wildman–Crippen LogP) is 5.73. The molecule has 3 aromatic heterocycles. The number of hydrogen-bond donors (Lipinski definition) is 0. The second-order valence-electron chi connectivity index (χ2n) is 6.31. The number of rotatable bonds is 6. The third-order valence-electron chi connectivity index (χ3n) is 4.44. The molecule has 150 valence electrons. The first kappa shape index (κ1) is 19.0. The Hall–Kier alpha value is -3.04. The highest BCUT2D eigenvalue weighted by atomic mass is 79.9. The van der Waals surface area contributed by atoms with Gasteiger partial charge in [0.2, 0.25) is 5.89 Å². The molecule has 0 aliphatic carbocycles. The summed E-state index contributed by atoms with van der Waals surface area (Å²) in [6.45, 7) is 0. The average molecular weight is 483 g/mol. The number of aromatic nitrogens is 4. The molecule has 0 bridgehead atoms. The highest BCUT2D eigenvalue weighted by molar-refractivity contribution is 9.10. The third-order valence-corrected chi connectivity index (χ3v) is 5.79. The molecule has 0 amide bonds. The van der Waals surface area contributed by atoms with Gasteiger partial charge in [-0.15, -0.1) is 10.2 Å². The number of benzene rings is 2. The first-order valence-corrected chi connectivity index (χ1v) is 10.8. The molecule has 0 aliphatic heterocycles. The number of fused-ring (bicyclic) bond motifs is 1. The van der Waals surface area contributed by atoms with Crippen molar-refractivity contribution in [2.45, 2.75) is 10.9 Å². The monoisotopic (exact) mass is 482 g/mol. The van der Waals surface area contributed by atoms with E-state index in [4.69, 9.17) is 18.6 Å². The lowest BCUT2D eigenvalue weighted by molar-refractivity contribution is 0.414. The Morgan fingerprint density at radius 3 is 2.60 bits per heavy atom. The summed E-state index contributed by atoms with van der Waals surface area (Å²) in [4.78, 5) is 4.80. The van der Waals surface area contributed by atoms with Crippen LogP contribution in [0.3, 0.4) is 0 Å². The minimum Gasteiger partial charge on any atom is -0.497 e. The van der Waals surface area contributed by atoms with Gasteiger partial charge in [0.25, 0.3) is 5.89 Å². The summed E-state index contributed by atoms with van der Waals surface area (Å²) in [5.41, 5.74) is 2.94. The zero-order chi connectivity index (χ0) is 20.5. The molecule has 0 saturated heterocycles. The van der Waals surface area contributed by atoms with E-state index in [9.17, 15) is 0 Å². The van der Waals surface area contributed by atoms with Gasteiger partial charge in [-0.05, 0) is 64.5 Å². The molecule has 5 aromatic rings. The molecular weight excluding hydrogens is 468 g/mol. The third kappa shape index (κ3) is 3.61. The summed E-state index contributed by atoms with van der Waals surface area (Å²) >= 11 is 4.80.